The van der Waals surface area contributed by atoms with E-state index >= 15 is 0 Å². The van der Waals surface area contributed by atoms with E-state index in [1.165, 1.54) is 17.5 Å². The summed E-state index contributed by atoms with van der Waals surface area (Å²) in [5.74, 6) is -0.627. The summed E-state index contributed by atoms with van der Waals surface area (Å²) in [4.78, 5) is 26.0. The molecule has 28 heavy (non-hydrogen) atoms. The van der Waals surface area contributed by atoms with Gasteiger partial charge in [0.15, 0.2) is 0 Å². The van der Waals surface area contributed by atoms with Crippen LogP contribution in [-0.2, 0) is 0 Å². The van der Waals surface area contributed by atoms with E-state index in [2.05, 4.69) is 25.6 Å². The number of carbonyl (C=O) groups excluding carboxylic acids is 1. The number of halogens is 3. The maximum absolute atomic E-state index is 12.5. The molecule has 0 aliphatic rings. The van der Waals surface area contributed by atoms with Gasteiger partial charge in [-0.3, -0.25) is 9.78 Å². The largest absolute Gasteiger partial charge is 0.390 e. The molecule has 2 N–H and O–H groups in total. The summed E-state index contributed by atoms with van der Waals surface area (Å²) >= 11 is 1.35. The Morgan fingerprint density at radius 1 is 1.29 bits per heavy atom. The lowest BCUT2D eigenvalue weighted by atomic mass is 10.2. The second kappa shape index (κ2) is 8.09. The molecule has 0 aliphatic carbocycles. The number of nitrogens with one attached hydrogen (secondary N) is 2. The molecule has 0 bridgehead atoms. The van der Waals surface area contributed by atoms with Crippen molar-refractivity contribution >= 4 is 33.3 Å². The zero-order valence-electron chi connectivity index (χ0n) is 15.2. The van der Waals surface area contributed by atoms with Crippen molar-refractivity contribution in [1.29, 1.82) is 0 Å². The number of thiazole rings is 1. The van der Waals surface area contributed by atoms with Crippen molar-refractivity contribution in [2.24, 2.45) is 0 Å². The Labute approximate surface area is 163 Å². The number of alkyl halides is 3. The lowest BCUT2D eigenvalue weighted by Crippen LogP contribution is -2.29. The Morgan fingerprint density at radius 3 is 2.71 bits per heavy atom. The molecular formula is C18H18F3N5OS. The van der Waals surface area contributed by atoms with Gasteiger partial charge < -0.3 is 10.6 Å². The van der Waals surface area contributed by atoms with E-state index in [0.29, 0.717) is 21.0 Å². The van der Waals surface area contributed by atoms with Crippen molar-refractivity contribution in [2.45, 2.75) is 32.5 Å². The number of hydrogen-bond donors (Lipinski definition) is 2. The Kier molecular flexibility index (Phi) is 5.78. The van der Waals surface area contributed by atoms with Crippen molar-refractivity contribution in [2.75, 3.05) is 11.9 Å². The van der Waals surface area contributed by atoms with Gasteiger partial charge in [-0.2, -0.15) is 13.2 Å². The van der Waals surface area contributed by atoms with Crippen LogP contribution in [0.5, 0.6) is 0 Å². The third kappa shape index (κ3) is 4.75. The minimum atomic E-state index is -4.33. The highest BCUT2D eigenvalue weighted by Crippen LogP contribution is 2.34. The molecule has 0 saturated carbocycles. The van der Waals surface area contributed by atoms with Crippen molar-refractivity contribution in [3.63, 3.8) is 0 Å². The lowest BCUT2D eigenvalue weighted by molar-refractivity contribution is -0.132. The van der Waals surface area contributed by atoms with Gasteiger partial charge in [0.05, 0.1) is 17.7 Å². The van der Waals surface area contributed by atoms with E-state index in [-0.39, 0.29) is 11.6 Å². The topological polar surface area (TPSA) is 79.8 Å². The zero-order chi connectivity index (χ0) is 20.3. The van der Waals surface area contributed by atoms with Crippen LogP contribution in [0.2, 0.25) is 0 Å². The van der Waals surface area contributed by atoms with Crippen LogP contribution in [0.25, 0.3) is 20.9 Å². The van der Waals surface area contributed by atoms with Gasteiger partial charge in [0, 0.05) is 36.7 Å². The van der Waals surface area contributed by atoms with E-state index in [4.69, 9.17) is 0 Å². The third-order valence-corrected chi connectivity index (χ3v) is 4.72. The van der Waals surface area contributed by atoms with Crippen LogP contribution in [0.4, 0.5) is 18.9 Å². The normalized spacial score (nSPS) is 11.8. The summed E-state index contributed by atoms with van der Waals surface area (Å²) in [5, 5.41) is 6.16. The van der Waals surface area contributed by atoms with Gasteiger partial charge >= 0.3 is 6.18 Å². The molecule has 3 aromatic heterocycles. The van der Waals surface area contributed by atoms with E-state index < -0.39 is 25.0 Å². The van der Waals surface area contributed by atoms with Crippen LogP contribution in [0.1, 0.15) is 30.6 Å². The molecule has 3 aromatic rings. The second-order valence-electron chi connectivity index (χ2n) is 6.38. The summed E-state index contributed by atoms with van der Waals surface area (Å²) in [6, 6.07) is 3.64. The molecule has 0 fully saturated rings. The van der Waals surface area contributed by atoms with Gasteiger partial charge in [-0.15, -0.1) is 0 Å². The first-order valence-electron chi connectivity index (χ1n) is 8.56. The van der Waals surface area contributed by atoms with Crippen molar-refractivity contribution in [3.8, 4) is 10.6 Å². The summed E-state index contributed by atoms with van der Waals surface area (Å²) in [6.45, 7) is 3.29. The molecule has 3 heterocycles. The molecule has 0 aliphatic heterocycles. The smallest absolute Gasteiger partial charge is 0.380 e. The number of aromatic nitrogens is 3. The Balaban J connectivity index is 1.97. The van der Waals surface area contributed by atoms with Crippen LogP contribution in [0, 0.1) is 0 Å². The molecule has 148 valence electrons. The molecule has 10 heteroatoms. The average molecular weight is 409 g/mol. The number of amides is 1. The lowest BCUT2D eigenvalue weighted by Gasteiger charge is -2.15. The highest BCUT2D eigenvalue weighted by molar-refractivity contribution is 7.21. The molecule has 0 unspecified atom stereocenters. The number of anilines is 1. The quantitative estimate of drug-likeness (QED) is 0.636. The van der Waals surface area contributed by atoms with Crippen LogP contribution in [0.3, 0.4) is 0 Å². The third-order valence-electron chi connectivity index (χ3n) is 3.71. The predicted octanol–water partition coefficient (Wildman–Crippen LogP) is 4.26. The van der Waals surface area contributed by atoms with Crippen molar-refractivity contribution in [1.82, 2.24) is 20.3 Å². The first-order valence-corrected chi connectivity index (χ1v) is 9.37. The van der Waals surface area contributed by atoms with Crippen molar-refractivity contribution in [3.05, 3.63) is 36.3 Å². The first kappa shape index (κ1) is 20.0. The SMILES string of the molecule is CC(C)Nc1c(C(=O)NCCC(F)(F)F)cnc2sc(-c3cccnc3)nc12. The van der Waals surface area contributed by atoms with Gasteiger partial charge in [0.2, 0.25) is 0 Å². The summed E-state index contributed by atoms with van der Waals surface area (Å²) in [6.07, 6.45) is -0.728. The monoisotopic (exact) mass is 409 g/mol. The number of nitrogens with zero attached hydrogens (tertiary/aromatic N) is 3. The fourth-order valence-electron chi connectivity index (χ4n) is 2.51. The van der Waals surface area contributed by atoms with Crippen LogP contribution < -0.4 is 10.6 Å². The molecule has 0 radical (unpaired) electrons. The van der Waals surface area contributed by atoms with E-state index in [9.17, 15) is 18.0 Å². The van der Waals surface area contributed by atoms with Crippen LogP contribution in [-0.4, -0.2) is 39.6 Å². The minimum absolute atomic E-state index is 0.0177. The van der Waals surface area contributed by atoms with E-state index in [1.54, 1.807) is 18.5 Å². The maximum Gasteiger partial charge on any atom is 0.390 e. The Bertz CT molecular complexity index is 973. The highest BCUT2D eigenvalue weighted by Gasteiger charge is 2.27. The molecule has 3 rings (SSSR count). The second-order valence-corrected chi connectivity index (χ2v) is 7.36. The highest BCUT2D eigenvalue weighted by atomic mass is 32.1. The maximum atomic E-state index is 12.5. The van der Waals surface area contributed by atoms with Gasteiger partial charge in [0.1, 0.15) is 15.4 Å². The molecule has 0 spiro atoms. The molecule has 0 atom stereocenters. The molecule has 0 saturated heterocycles. The minimum Gasteiger partial charge on any atom is -0.380 e. The Morgan fingerprint density at radius 2 is 2.07 bits per heavy atom. The number of carbonyl (C=O) groups is 1. The molecule has 6 nitrogen and oxygen atoms in total. The van der Waals surface area contributed by atoms with Gasteiger partial charge in [-0.1, -0.05) is 11.3 Å². The van der Waals surface area contributed by atoms with Gasteiger partial charge in [-0.05, 0) is 26.0 Å². The number of pyridine rings is 2. The number of rotatable bonds is 6. The van der Waals surface area contributed by atoms with Crippen LogP contribution >= 0.6 is 11.3 Å². The number of hydrogen-bond acceptors (Lipinski definition) is 6. The molecule has 1 amide bonds. The van der Waals surface area contributed by atoms with Crippen molar-refractivity contribution < 1.29 is 18.0 Å². The fourth-order valence-corrected chi connectivity index (χ4v) is 3.42. The summed E-state index contributed by atoms with van der Waals surface area (Å²) < 4.78 is 37.0. The molecule has 0 aromatic carbocycles. The zero-order valence-corrected chi connectivity index (χ0v) is 16.0. The van der Waals surface area contributed by atoms with Gasteiger partial charge in [0.25, 0.3) is 5.91 Å². The summed E-state index contributed by atoms with van der Waals surface area (Å²) in [7, 11) is 0. The van der Waals surface area contributed by atoms with Crippen LogP contribution in [0.15, 0.2) is 30.7 Å². The Hall–Kier alpha value is -2.75. The predicted molar refractivity (Wildman–Crippen MR) is 102 cm³/mol. The van der Waals surface area contributed by atoms with E-state index in [1.807, 2.05) is 19.9 Å². The standard InChI is InChI=1S/C18H18F3N5OS/c1-10(2)25-13-12(15(27)23-7-5-18(19,20)21)9-24-17-14(13)26-16(28-17)11-4-3-6-22-8-11/h3-4,6,8-10H,5,7H2,1-2H3,(H,23,27)(H,24,25). The fraction of sp³-hybridized carbons (Fsp3) is 0.333. The van der Waals surface area contributed by atoms with E-state index in [0.717, 1.165) is 5.56 Å². The molecular weight excluding hydrogens is 391 g/mol. The first-order chi connectivity index (χ1) is 13.2. The average Bonchev–Trinajstić information content (AvgIpc) is 3.06. The summed E-state index contributed by atoms with van der Waals surface area (Å²) in [5.41, 5.74) is 1.93. The van der Waals surface area contributed by atoms with Gasteiger partial charge in [-0.25, -0.2) is 9.97 Å². The number of fused-ring (bicyclic) bond motifs is 1.